The number of carbonyl (C=O) groups is 1. The largest absolute Gasteiger partial charge is 0.396 e. The highest BCUT2D eigenvalue weighted by molar-refractivity contribution is 7.99. The van der Waals surface area contributed by atoms with E-state index in [0.29, 0.717) is 17.1 Å². The molecule has 4 nitrogen and oxygen atoms in total. The summed E-state index contributed by atoms with van der Waals surface area (Å²) in [6.07, 6.45) is 2.64. The molecule has 5 N–H and O–H groups in total. The van der Waals surface area contributed by atoms with Gasteiger partial charge in [-0.3, -0.25) is 4.79 Å². The molecule has 0 unspecified atom stereocenters. The number of primary amides is 1. The van der Waals surface area contributed by atoms with Gasteiger partial charge in [0.25, 0.3) is 5.91 Å². The van der Waals surface area contributed by atoms with Gasteiger partial charge >= 0.3 is 0 Å². The lowest BCUT2D eigenvalue weighted by Gasteiger charge is -2.06. The lowest BCUT2D eigenvalue weighted by atomic mass is 10.1. The molecule has 0 radical (unpaired) electrons. The van der Waals surface area contributed by atoms with Gasteiger partial charge < -0.3 is 16.8 Å². The Bertz CT molecular complexity index is 640. The fourth-order valence-electron chi connectivity index (χ4n) is 1.90. The van der Waals surface area contributed by atoms with Crippen LogP contribution in [0.2, 0.25) is 0 Å². The molecule has 21 heavy (non-hydrogen) atoms. The predicted molar refractivity (Wildman–Crippen MR) is 87.6 cm³/mol. The van der Waals surface area contributed by atoms with Crippen molar-refractivity contribution >= 4 is 39.7 Å². The summed E-state index contributed by atoms with van der Waals surface area (Å²) in [5.74, 6) is -0.757. The standard InChI is InChI=1S/C14H16FN3OS2/c1-20-12-10(16)11(13(17)19)21-14(12)18-7-6-8-2-4-9(15)5-3-8/h2-5,18H,6-7,16H2,1H3,(H2,17,19). The summed E-state index contributed by atoms with van der Waals surface area (Å²) in [6.45, 7) is 0.664. The van der Waals surface area contributed by atoms with Crippen molar-refractivity contribution in [3.8, 4) is 0 Å². The van der Waals surface area contributed by atoms with Crippen molar-refractivity contribution in [2.24, 2.45) is 5.73 Å². The molecule has 0 fully saturated rings. The molecule has 0 saturated heterocycles. The number of thiophene rings is 1. The van der Waals surface area contributed by atoms with Gasteiger partial charge in [-0.2, -0.15) is 0 Å². The van der Waals surface area contributed by atoms with Crippen molar-refractivity contribution in [2.75, 3.05) is 23.9 Å². The summed E-state index contributed by atoms with van der Waals surface area (Å²) >= 11 is 2.74. The molecule has 1 aromatic carbocycles. The van der Waals surface area contributed by atoms with Crippen LogP contribution in [-0.4, -0.2) is 18.7 Å². The van der Waals surface area contributed by atoms with Crippen LogP contribution in [0.4, 0.5) is 15.1 Å². The first-order valence-electron chi connectivity index (χ1n) is 6.27. The Kier molecular flexibility index (Phi) is 5.08. The highest BCUT2D eigenvalue weighted by Gasteiger charge is 2.18. The maximum Gasteiger partial charge on any atom is 0.261 e. The molecule has 0 atom stereocenters. The van der Waals surface area contributed by atoms with E-state index in [9.17, 15) is 9.18 Å². The second kappa shape index (κ2) is 6.82. The molecule has 0 spiro atoms. The van der Waals surface area contributed by atoms with Crippen molar-refractivity contribution < 1.29 is 9.18 Å². The van der Waals surface area contributed by atoms with E-state index in [2.05, 4.69) is 5.32 Å². The minimum Gasteiger partial charge on any atom is -0.396 e. The van der Waals surface area contributed by atoms with Crippen LogP contribution in [0.1, 0.15) is 15.2 Å². The van der Waals surface area contributed by atoms with E-state index in [1.807, 2.05) is 6.26 Å². The Balaban J connectivity index is 2.04. The van der Waals surface area contributed by atoms with Crippen LogP contribution in [-0.2, 0) is 6.42 Å². The fraction of sp³-hybridized carbons (Fsp3) is 0.214. The lowest BCUT2D eigenvalue weighted by molar-refractivity contribution is 0.100. The third-order valence-corrected chi connectivity index (χ3v) is 5.08. The average Bonchev–Trinajstić information content (AvgIpc) is 2.77. The second-order valence-electron chi connectivity index (χ2n) is 4.37. The molecular formula is C14H16FN3OS2. The number of nitrogen functional groups attached to an aromatic ring is 1. The molecule has 1 heterocycles. The molecule has 1 aromatic heterocycles. The van der Waals surface area contributed by atoms with Crippen LogP contribution in [0.15, 0.2) is 29.2 Å². The van der Waals surface area contributed by atoms with E-state index < -0.39 is 5.91 Å². The Morgan fingerprint density at radius 1 is 1.38 bits per heavy atom. The van der Waals surface area contributed by atoms with E-state index in [0.717, 1.165) is 21.9 Å². The summed E-state index contributed by atoms with van der Waals surface area (Å²) in [5.41, 5.74) is 12.7. The summed E-state index contributed by atoms with van der Waals surface area (Å²) in [5, 5.41) is 4.10. The minimum absolute atomic E-state index is 0.242. The molecule has 0 bridgehead atoms. The van der Waals surface area contributed by atoms with Gasteiger partial charge in [-0.1, -0.05) is 12.1 Å². The summed E-state index contributed by atoms with van der Waals surface area (Å²) in [4.78, 5) is 12.5. The molecule has 0 saturated carbocycles. The van der Waals surface area contributed by atoms with Crippen LogP contribution >= 0.6 is 23.1 Å². The van der Waals surface area contributed by atoms with Gasteiger partial charge in [0, 0.05) is 6.54 Å². The molecule has 112 valence electrons. The van der Waals surface area contributed by atoms with Crippen molar-refractivity contribution in [3.63, 3.8) is 0 Å². The summed E-state index contributed by atoms with van der Waals surface area (Å²) in [7, 11) is 0. The minimum atomic E-state index is -0.514. The van der Waals surface area contributed by atoms with E-state index in [4.69, 9.17) is 11.5 Å². The van der Waals surface area contributed by atoms with E-state index in [1.165, 1.54) is 35.2 Å². The number of anilines is 2. The van der Waals surface area contributed by atoms with Gasteiger partial charge in [0.1, 0.15) is 15.7 Å². The number of halogens is 1. The molecule has 2 aromatic rings. The Morgan fingerprint density at radius 3 is 2.62 bits per heavy atom. The van der Waals surface area contributed by atoms with Crippen LogP contribution in [0, 0.1) is 5.82 Å². The number of amides is 1. The smallest absolute Gasteiger partial charge is 0.261 e. The van der Waals surface area contributed by atoms with Crippen LogP contribution < -0.4 is 16.8 Å². The van der Waals surface area contributed by atoms with Gasteiger partial charge in [-0.25, -0.2) is 4.39 Å². The van der Waals surface area contributed by atoms with E-state index >= 15 is 0 Å². The highest BCUT2D eigenvalue weighted by Crippen LogP contribution is 2.41. The molecule has 0 aliphatic rings. The Morgan fingerprint density at radius 2 is 2.05 bits per heavy atom. The normalized spacial score (nSPS) is 10.6. The first-order chi connectivity index (χ1) is 10.0. The third-order valence-electron chi connectivity index (χ3n) is 2.94. The number of hydrogen-bond donors (Lipinski definition) is 3. The number of nitrogens with two attached hydrogens (primary N) is 2. The molecule has 2 rings (SSSR count). The van der Waals surface area contributed by atoms with Crippen LogP contribution in [0.25, 0.3) is 0 Å². The number of carbonyl (C=O) groups excluding carboxylic acids is 1. The van der Waals surface area contributed by atoms with Crippen LogP contribution in [0.5, 0.6) is 0 Å². The lowest BCUT2D eigenvalue weighted by Crippen LogP contribution is -2.10. The average molecular weight is 325 g/mol. The van der Waals surface area contributed by atoms with Crippen molar-refractivity contribution in [1.29, 1.82) is 0 Å². The fourth-order valence-corrected chi connectivity index (χ4v) is 3.82. The van der Waals surface area contributed by atoms with Crippen molar-refractivity contribution in [1.82, 2.24) is 0 Å². The molecule has 0 aliphatic heterocycles. The van der Waals surface area contributed by atoms with Gasteiger partial charge in [0.2, 0.25) is 0 Å². The number of nitrogens with one attached hydrogen (secondary N) is 1. The highest BCUT2D eigenvalue weighted by atomic mass is 32.2. The van der Waals surface area contributed by atoms with Gasteiger partial charge in [-0.15, -0.1) is 23.1 Å². The number of thioether (sulfide) groups is 1. The van der Waals surface area contributed by atoms with Crippen molar-refractivity contribution in [3.05, 3.63) is 40.5 Å². The quantitative estimate of drug-likeness (QED) is 0.713. The second-order valence-corrected chi connectivity index (χ2v) is 6.21. The maximum absolute atomic E-state index is 12.8. The Labute approximate surface area is 130 Å². The van der Waals surface area contributed by atoms with Gasteiger partial charge in [0.05, 0.1) is 10.6 Å². The topological polar surface area (TPSA) is 81.1 Å². The van der Waals surface area contributed by atoms with Gasteiger partial charge in [-0.05, 0) is 30.4 Å². The third kappa shape index (κ3) is 3.68. The summed E-state index contributed by atoms with van der Waals surface area (Å²) < 4.78 is 12.8. The molecule has 1 amide bonds. The number of rotatable bonds is 6. The molecule has 0 aliphatic carbocycles. The Hall–Kier alpha value is -1.73. The van der Waals surface area contributed by atoms with Crippen molar-refractivity contribution in [2.45, 2.75) is 11.3 Å². The number of hydrogen-bond acceptors (Lipinski definition) is 5. The SMILES string of the molecule is CSc1c(NCCc2ccc(F)cc2)sc(C(N)=O)c1N. The molecule has 7 heteroatoms. The van der Waals surface area contributed by atoms with E-state index in [-0.39, 0.29) is 5.82 Å². The zero-order valence-corrected chi connectivity index (χ0v) is 13.1. The zero-order chi connectivity index (χ0) is 15.4. The number of benzene rings is 1. The maximum atomic E-state index is 12.8. The first-order valence-corrected chi connectivity index (χ1v) is 8.31. The predicted octanol–water partition coefficient (Wildman–Crippen LogP) is 2.94. The molecular weight excluding hydrogens is 309 g/mol. The summed E-state index contributed by atoms with van der Waals surface area (Å²) in [6, 6.07) is 6.39. The zero-order valence-electron chi connectivity index (χ0n) is 11.5. The van der Waals surface area contributed by atoms with Gasteiger partial charge in [0.15, 0.2) is 0 Å². The first kappa shape index (κ1) is 15.7. The monoisotopic (exact) mass is 325 g/mol. The van der Waals surface area contributed by atoms with E-state index in [1.54, 1.807) is 12.1 Å². The van der Waals surface area contributed by atoms with Crippen LogP contribution in [0.3, 0.4) is 0 Å².